The molecule has 0 aromatic rings. The number of rotatable bonds is 6. The molecule has 2 N–H and O–H groups in total. The fraction of sp³-hybridized carbons (Fsp3) is 1.00. The van der Waals surface area contributed by atoms with Crippen LogP contribution in [0.15, 0.2) is 0 Å². The quantitative estimate of drug-likeness (QED) is 0.727. The summed E-state index contributed by atoms with van der Waals surface area (Å²) < 4.78 is 5.73. The van der Waals surface area contributed by atoms with Gasteiger partial charge >= 0.3 is 0 Å². The summed E-state index contributed by atoms with van der Waals surface area (Å²) in [5.74, 6) is 1.57. The molecule has 0 aromatic heterocycles. The van der Waals surface area contributed by atoms with Crippen molar-refractivity contribution >= 4 is 0 Å². The van der Waals surface area contributed by atoms with Gasteiger partial charge in [-0.25, -0.2) is 0 Å². The first-order valence-electron chi connectivity index (χ1n) is 8.09. The highest BCUT2D eigenvalue weighted by Gasteiger charge is 2.35. The number of nitrogens with two attached hydrogens (primary N) is 1. The van der Waals surface area contributed by atoms with E-state index in [4.69, 9.17) is 10.5 Å². The largest absolute Gasteiger partial charge is 0.381 e. The van der Waals surface area contributed by atoms with E-state index in [2.05, 4.69) is 34.6 Å². The van der Waals surface area contributed by atoms with Crippen molar-refractivity contribution in [2.24, 2.45) is 23.0 Å². The van der Waals surface area contributed by atoms with Gasteiger partial charge in [0.2, 0.25) is 0 Å². The molecule has 2 heteroatoms. The van der Waals surface area contributed by atoms with Crippen molar-refractivity contribution in [3.63, 3.8) is 0 Å². The Hall–Kier alpha value is -0.0800. The minimum atomic E-state index is 0.0413. The maximum atomic E-state index is 6.53. The fourth-order valence-electron chi connectivity index (χ4n) is 3.01. The van der Waals surface area contributed by atoms with Gasteiger partial charge in [-0.3, -0.25) is 0 Å². The molecule has 0 bridgehead atoms. The van der Waals surface area contributed by atoms with Crippen molar-refractivity contribution in [3.8, 4) is 0 Å². The lowest BCUT2D eigenvalue weighted by molar-refractivity contribution is 0.0784. The molecule has 0 unspecified atom stereocenters. The van der Waals surface area contributed by atoms with Crippen molar-refractivity contribution in [2.75, 3.05) is 13.2 Å². The summed E-state index contributed by atoms with van der Waals surface area (Å²) in [7, 11) is 0. The Morgan fingerprint density at radius 1 is 1.16 bits per heavy atom. The van der Waals surface area contributed by atoms with E-state index in [0.29, 0.717) is 5.41 Å². The Labute approximate surface area is 120 Å². The minimum Gasteiger partial charge on any atom is -0.381 e. The van der Waals surface area contributed by atoms with E-state index in [-0.39, 0.29) is 5.54 Å². The van der Waals surface area contributed by atoms with E-state index in [0.717, 1.165) is 37.9 Å². The van der Waals surface area contributed by atoms with Crippen LogP contribution in [-0.2, 0) is 4.74 Å². The highest BCUT2D eigenvalue weighted by molar-refractivity contribution is 4.92. The summed E-state index contributed by atoms with van der Waals surface area (Å²) in [6.45, 7) is 13.3. The summed E-state index contributed by atoms with van der Waals surface area (Å²) in [5, 5.41) is 0. The van der Waals surface area contributed by atoms with Crippen LogP contribution in [0.2, 0.25) is 0 Å². The molecule has 0 aliphatic heterocycles. The molecule has 1 saturated carbocycles. The minimum absolute atomic E-state index is 0.0413. The number of hydrogen-bond donors (Lipinski definition) is 1. The summed E-state index contributed by atoms with van der Waals surface area (Å²) >= 11 is 0. The standard InChI is InChI=1S/C17H35NO/c1-14(2)8-12-19-13-11-17(18)9-6-15(7-10-17)16(3,4)5/h14-15H,6-13,18H2,1-5H3. The maximum absolute atomic E-state index is 6.53. The van der Waals surface area contributed by atoms with Gasteiger partial charge in [-0.1, -0.05) is 34.6 Å². The Morgan fingerprint density at radius 2 is 1.74 bits per heavy atom. The topological polar surface area (TPSA) is 35.2 Å². The molecule has 1 aliphatic carbocycles. The molecular formula is C17H35NO. The number of ether oxygens (including phenoxy) is 1. The molecule has 0 amide bonds. The van der Waals surface area contributed by atoms with Crippen LogP contribution < -0.4 is 5.73 Å². The lowest BCUT2D eigenvalue weighted by atomic mass is 9.67. The third-order valence-corrected chi connectivity index (χ3v) is 4.79. The van der Waals surface area contributed by atoms with Crippen molar-refractivity contribution in [2.45, 2.75) is 78.7 Å². The molecule has 0 aromatic carbocycles. The van der Waals surface area contributed by atoms with E-state index < -0.39 is 0 Å². The van der Waals surface area contributed by atoms with E-state index in [9.17, 15) is 0 Å². The first-order valence-corrected chi connectivity index (χ1v) is 8.09. The molecule has 114 valence electrons. The van der Waals surface area contributed by atoms with Gasteiger partial charge in [-0.15, -0.1) is 0 Å². The summed E-state index contributed by atoms with van der Waals surface area (Å²) in [6.07, 6.45) is 7.09. The smallest absolute Gasteiger partial charge is 0.0483 e. The SMILES string of the molecule is CC(C)CCOCCC1(N)CCC(C(C)(C)C)CC1. The van der Waals surface area contributed by atoms with Crippen molar-refractivity contribution in [3.05, 3.63) is 0 Å². The third kappa shape index (κ3) is 6.27. The highest BCUT2D eigenvalue weighted by atomic mass is 16.5. The van der Waals surface area contributed by atoms with Crippen LogP contribution in [0.1, 0.15) is 73.1 Å². The van der Waals surface area contributed by atoms with Crippen molar-refractivity contribution in [1.29, 1.82) is 0 Å². The van der Waals surface area contributed by atoms with Gasteiger partial charge in [0.25, 0.3) is 0 Å². The molecule has 0 saturated heterocycles. The molecule has 1 rings (SSSR count). The van der Waals surface area contributed by atoms with Crippen LogP contribution in [-0.4, -0.2) is 18.8 Å². The van der Waals surface area contributed by atoms with Gasteiger partial charge in [-0.05, 0) is 55.8 Å². The maximum Gasteiger partial charge on any atom is 0.0483 e. The lowest BCUT2D eigenvalue weighted by Gasteiger charge is -2.42. The monoisotopic (exact) mass is 269 g/mol. The van der Waals surface area contributed by atoms with E-state index >= 15 is 0 Å². The summed E-state index contributed by atoms with van der Waals surface area (Å²) in [5.41, 5.74) is 7.01. The van der Waals surface area contributed by atoms with Gasteiger partial charge in [0.15, 0.2) is 0 Å². The van der Waals surface area contributed by atoms with Crippen LogP contribution in [0.5, 0.6) is 0 Å². The number of hydrogen-bond acceptors (Lipinski definition) is 2. The van der Waals surface area contributed by atoms with E-state index in [1.165, 1.54) is 25.7 Å². The fourth-order valence-corrected chi connectivity index (χ4v) is 3.01. The molecule has 2 nitrogen and oxygen atoms in total. The van der Waals surface area contributed by atoms with Gasteiger partial charge in [0.1, 0.15) is 0 Å². The predicted octanol–water partition coefficient (Wildman–Crippen LogP) is 4.37. The first kappa shape index (κ1) is 17.0. The summed E-state index contributed by atoms with van der Waals surface area (Å²) in [6, 6.07) is 0. The average molecular weight is 269 g/mol. The zero-order valence-electron chi connectivity index (χ0n) is 13.8. The molecule has 19 heavy (non-hydrogen) atoms. The van der Waals surface area contributed by atoms with Gasteiger partial charge in [0.05, 0.1) is 0 Å². The van der Waals surface area contributed by atoms with Gasteiger partial charge < -0.3 is 10.5 Å². The predicted molar refractivity (Wildman–Crippen MR) is 83.2 cm³/mol. The lowest BCUT2D eigenvalue weighted by Crippen LogP contribution is -2.45. The van der Waals surface area contributed by atoms with Crippen molar-refractivity contribution in [1.82, 2.24) is 0 Å². The molecule has 1 aliphatic rings. The first-order chi connectivity index (χ1) is 8.73. The molecule has 0 spiro atoms. The van der Waals surface area contributed by atoms with Crippen molar-refractivity contribution < 1.29 is 4.74 Å². The Bertz CT molecular complexity index is 246. The van der Waals surface area contributed by atoms with E-state index in [1.54, 1.807) is 0 Å². The van der Waals surface area contributed by atoms with Crippen LogP contribution >= 0.6 is 0 Å². The van der Waals surface area contributed by atoms with Crippen LogP contribution in [0.4, 0.5) is 0 Å². The molecule has 1 fully saturated rings. The molecule has 0 atom stereocenters. The van der Waals surface area contributed by atoms with Crippen LogP contribution in [0.25, 0.3) is 0 Å². The second-order valence-electron chi connectivity index (χ2n) is 8.05. The third-order valence-electron chi connectivity index (χ3n) is 4.79. The second kappa shape index (κ2) is 7.08. The molecule has 0 radical (unpaired) electrons. The zero-order chi connectivity index (χ0) is 14.5. The Balaban J connectivity index is 2.21. The normalized spacial score (nSPS) is 28.9. The summed E-state index contributed by atoms with van der Waals surface area (Å²) in [4.78, 5) is 0. The average Bonchev–Trinajstić information content (AvgIpc) is 2.27. The van der Waals surface area contributed by atoms with Gasteiger partial charge in [-0.2, -0.15) is 0 Å². The second-order valence-corrected chi connectivity index (χ2v) is 8.05. The Kier molecular flexibility index (Phi) is 6.32. The van der Waals surface area contributed by atoms with E-state index in [1.807, 2.05) is 0 Å². The molecular weight excluding hydrogens is 234 g/mol. The molecule has 0 heterocycles. The van der Waals surface area contributed by atoms with Crippen LogP contribution in [0.3, 0.4) is 0 Å². The highest BCUT2D eigenvalue weighted by Crippen LogP contribution is 2.41. The van der Waals surface area contributed by atoms with Gasteiger partial charge in [0, 0.05) is 18.8 Å². The Morgan fingerprint density at radius 3 is 2.21 bits per heavy atom. The van der Waals surface area contributed by atoms with Crippen LogP contribution in [0, 0.1) is 17.3 Å². The zero-order valence-corrected chi connectivity index (χ0v) is 13.8.